The molecule has 60 heavy (non-hydrogen) atoms. The van der Waals surface area contributed by atoms with Gasteiger partial charge in [-0.25, -0.2) is 0 Å². The summed E-state index contributed by atoms with van der Waals surface area (Å²) in [6.45, 7) is 11.2. The molecule has 0 aliphatic heterocycles. The van der Waals surface area contributed by atoms with Crippen molar-refractivity contribution in [2.75, 3.05) is 4.90 Å². The van der Waals surface area contributed by atoms with Gasteiger partial charge in [-0.2, -0.15) is 0 Å². The van der Waals surface area contributed by atoms with E-state index in [9.17, 15) is 0 Å². The Kier molecular flexibility index (Phi) is 8.50. The molecule has 3 aliphatic rings. The SMILES string of the molecule is C=CC1=C(/C=C\C)c2cc3c(cc2C12CCCCC2)oc1ccc(-c2ccc(N(c4ccc(-c5ccccc5)cc4)c4ccc5c(c4)C(C)(C)c4ccccc4-5)cc2)cc13. The van der Waals surface area contributed by atoms with Gasteiger partial charge in [0.25, 0.3) is 0 Å². The summed E-state index contributed by atoms with van der Waals surface area (Å²) in [6.07, 6.45) is 12.7. The third kappa shape index (κ3) is 5.54. The highest BCUT2D eigenvalue weighted by Gasteiger charge is 2.44. The first-order valence-corrected chi connectivity index (χ1v) is 21.7. The summed E-state index contributed by atoms with van der Waals surface area (Å²) < 4.78 is 6.65. The summed E-state index contributed by atoms with van der Waals surface area (Å²) in [6, 6.07) is 56.0. The number of fused-ring (bicyclic) bond motifs is 8. The summed E-state index contributed by atoms with van der Waals surface area (Å²) in [5, 5.41) is 2.33. The van der Waals surface area contributed by atoms with Crippen LogP contribution in [0.5, 0.6) is 0 Å². The third-order valence-corrected chi connectivity index (χ3v) is 14.0. The van der Waals surface area contributed by atoms with Crippen molar-refractivity contribution in [3.05, 3.63) is 204 Å². The van der Waals surface area contributed by atoms with E-state index in [-0.39, 0.29) is 10.8 Å². The second-order valence-corrected chi connectivity index (χ2v) is 17.6. The van der Waals surface area contributed by atoms with Gasteiger partial charge >= 0.3 is 0 Å². The van der Waals surface area contributed by atoms with Gasteiger partial charge in [0.05, 0.1) is 0 Å². The minimum atomic E-state index is -0.0968. The van der Waals surface area contributed by atoms with E-state index >= 15 is 0 Å². The molecule has 1 aromatic heterocycles. The maximum Gasteiger partial charge on any atom is 0.135 e. The van der Waals surface area contributed by atoms with Gasteiger partial charge in [0.15, 0.2) is 0 Å². The molecule has 0 saturated heterocycles. The number of hydrogen-bond acceptors (Lipinski definition) is 2. The smallest absolute Gasteiger partial charge is 0.135 e. The number of nitrogens with zero attached hydrogens (tertiary/aromatic N) is 1. The Morgan fingerprint density at radius 1 is 0.533 bits per heavy atom. The van der Waals surface area contributed by atoms with E-state index in [1.165, 1.54) is 104 Å². The van der Waals surface area contributed by atoms with Crippen molar-refractivity contribution in [1.82, 2.24) is 0 Å². The maximum absolute atomic E-state index is 6.65. The highest BCUT2D eigenvalue weighted by molar-refractivity contribution is 6.09. The van der Waals surface area contributed by atoms with Gasteiger partial charge in [-0.15, -0.1) is 0 Å². The Morgan fingerprint density at radius 2 is 1.15 bits per heavy atom. The zero-order valence-corrected chi connectivity index (χ0v) is 34.8. The first-order chi connectivity index (χ1) is 29.4. The Balaban J connectivity index is 0.991. The molecule has 2 nitrogen and oxygen atoms in total. The van der Waals surface area contributed by atoms with Crippen molar-refractivity contribution in [1.29, 1.82) is 0 Å². The van der Waals surface area contributed by atoms with Gasteiger partial charge in [-0.05, 0) is 147 Å². The van der Waals surface area contributed by atoms with Crippen LogP contribution in [0.3, 0.4) is 0 Å². The fraction of sp³-hybridized carbons (Fsp3) is 0.172. The molecule has 0 unspecified atom stereocenters. The van der Waals surface area contributed by atoms with E-state index in [1.54, 1.807) is 0 Å². The Labute approximate surface area is 353 Å². The molecule has 0 N–H and O–H groups in total. The number of allylic oxidation sites excluding steroid dienone is 5. The molecule has 2 heteroatoms. The van der Waals surface area contributed by atoms with Crippen molar-refractivity contribution in [2.24, 2.45) is 0 Å². The van der Waals surface area contributed by atoms with Crippen LogP contribution in [0.15, 0.2) is 186 Å². The Bertz CT molecular complexity index is 3040. The van der Waals surface area contributed by atoms with Crippen molar-refractivity contribution in [3.63, 3.8) is 0 Å². The molecule has 1 fully saturated rings. The summed E-state index contributed by atoms with van der Waals surface area (Å²) in [7, 11) is 0. The van der Waals surface area contributed by atoms with Crippen LogP contribution >= 0.6 is 0 Å². The standard InChI is InChI=1S/C58H49NO/c1-5-15-45-48-36-50-49-34-41(24-31-55(49)60-56(50)37-54(48)58(51(45)6-2)32-13-8-14-33-58)40-22-27-43(28-23-40)59(42-25-20-39(21-26-42)38-16-9-7-10-17-38)44-29-30-47-46-18-11-12-19-52(46)57(3,4)53(47)35-44/h5-7,9-12,15-31,34-37H,2,8,13-14,32-33H2,1,3-4H3/b15-5-. The lowest BCUT2D eigenvalue weighted by atomic mass is 9.67. The topological polar surface area (TPSA) is 16.4 Å². The predicted molar refractivity (Wildman–Crippen MR) is 254 cm³/mol. The van der Waals surface area contributed by atoms with E-state index < -0.39 is 0 Å². The normalized spacial score (nSPS) is 16.1. The predicted octanol–water partition coefficient (Wildman–Crippen LogP) is 16.4. The fourth-order valence-corrected chi connectivity index (χ4v) is 11.0. The van der Waals surface area contributed by atoms with Gasteiger partial charge < -0.3 is 9.32 Å². The molecule has 8 aromatic rings. The monoisotopic (exact) mass is 775 g/mol. The molecule has 0 atom stereocenters. The van der Waals surface area contributed by atoms with E-state index in [0.717, 1.165) is 33.6 Å². The van der Waals surface area contributed by atoms with Crippen molar-refractivity contribution < 1.29 is 4.42 Å². The number of rotatable bonds is 7. The van der Waals surface area contributed by atoms with Crippen LogP contribution in [0.4, 0.5) is 17.1 Å². The summed E-state index contributed by atoms with van der Waals surface area (Å²) in [5.41, 5.74) is 20.9. The zero-order chi connectivity index (χ0) is 40.6. The molecule has 1 spiro atoms. The molecule has 11 rings (SSSR count). The minimum Gasteiger partial charge on any atom is -0.456 e. The highest BCUT2D eigenvalue weighted by atomic mass is 16.3. The van der Waals surface area contributed by atoms with E-state index in [0.29, 0.717) is 0 Å². The molecule has 3 aliphatic carbocycles. The maximum atomic E-state index is 6.65. The number of hydrogen-bond donors (Lipinski definition) is 0. The largest absolute Gasteiger partial charge is 0.456 e. The van der Waals surface area contributed by atoms with Crippen LogP contribution in [0, 0.1) is 0 Å². The molecule has 0 bridgehead atoms. The van der Waals surface area contributed by atoms with Gasteiger partial charge in [0, 0.05) is 38.7 Å². The lowest BCUT2D eigenvalue weighted by Crippen LogP contribution is -2.28. The zero-order valence-electron chi connectivity index (χ0n) is 34.8. The van der Waals surface area contributed by atoms with Gasteiger partial charge in [-0.1, -0.05) is 149 Å². The average Bonchev–Trinajstić information content (AvgIpc) is 3.86. The minimum absolute atomic E-state index is 0.0308. The fourth-order valence-electron chi connectivity index (χ4n) is 11.0. The second-order valence-electron chi connectivity index (χ2n) is 17.6. The van der Waals surface area contributed by atoms with Crippen LogP contribution in [-0.2, 0) is 10.8 Å². The molecule has 1 heterocycles. The molecule has 0 amide bonds. The Morgan fingerprint density at radius 3 is 1.87 bits per heavy atom. The highest BCUT2D eigenvalue weighted by Crippen LogP contribution is 2.56. The lowest BCUT2D eigenvalue weighted by molar-refractivity contribution is 0.350. The molecule has 0 radical (unpaired) electrons. The molecular weight excluding hydrogens is 727 g/mol. The molecule has 7 aromatic carbocycles. The number of benzene rings is 7. The lowest BCUT2D eigenvalue weighted by Gasteiger charge is -2.36. The number of anilines is 3. The van der Waals surface area contributed by atoms with Crippen molar-refractivity contribution in [2.45, 2.75) is 63.7 Å². The van der Waals surface area contributed by atoms with E-state index in [4.69, 9.17) is 4.42 Å². The van der Waals surface area contributed by atoms with Gasteiger partial charge in [-0.3, -0.25) is 0 Å². The van der Waals surface area contributed by atoms with Crippen LogP contribution in [-0.4, -0.2) is 0 Å². The third-order valence-electron chi connectivity index (χ3n) is 14.0. The molecule has 1 saturated carbocycles. The summed E-state index contributed by atoms with van der Waals surface area (Å²) in [5.74, 6) is 0. The second kappa shape index (κ2) is 14.0. The molecular formula is C58H49NO. The summed E-state index contributed by atoms with van der Waals surface area (Å²) in [4.78, 5) is 2.40. The number of furan rings is 1. The van der Waals surface area contributed by atoms with Crippen molar-refractivity contribution >= 4 is 44.6 Å². The Hall–Kier alpha value is -6.64. The first-order valence-electron chi connectivity index (χ1n) is 21.7. The van der Waals surface area contributed by atoms with Crippen LogP contribution < -0.4 is 4.90 Å². The molecule has 292 valence electrons. The van der Waals surface area contributed by atoms with Gasteiger partial charge in [0.2, 0.25) is 0 Å². The van der Waals surface area contributed by atoms with Crippen LogP contribution in [0.25, 0.3) is 60.9 Å². The quantitative estimate of drug-likeness (QED) is 0.160. The van der Waals surface area contributed by atoms with Crippen molar-refractivity contribution in [3.8, 4) is 33.4 Å². The van der Waals surface area contributed by atoms with Crippen LogP contribution in [0.2, 0.25) is 0 Å². The van der Waals surface area contributed by atoms with Gasteiger partial charge in [0.1, 0.15) is 11.2 Å². The van der Waals surface area contributed by atoms with E-state index in [1.807, 2.05) is 0 Å². The van der Waals surface area contributed by atoms with E-state index in [2.05, 4.69) is 202 Å². The first kappa shape index (κ1) is 36.4. The van der Waals surface area contributed by atoms with Crippen LogP contribution in [0.1, 0.15) is 75.1 Å². The summed E-state index contributed by atoms with van der Waals surface area (Å²) >= 11 is 0. The average molecular weight is 776 g/mol.